The fourth-order valence-corrected chi connectivity index (χ4v) is 3.23. The predicted octanol–water partition coefficient (Wildman–Crippen LogP) is 2.59. The fraction of sp³-hybridized carbons (Fsp3) is 0.208. The Morgan fingerprint density at radius 1 is 1.09 bits per heavy atom. The monoisotopic (exact) mass is 427 g/mol. The predicted molar refractivity (Wildman–Crippen MR) is 124 cm³/mol. The van der Waals surface area contributed by atoms with Crippen LogP contribution in [0.2, 0.25) is 0 Å². The Balaban J connectivity index is 1.54. The van der Waals surface area contributed by atoms with Gasteiger partial charge in [0, 0.05) is 55.8 Å². The molecule has 0 fully saturated rings. The molecule has 1 aromatic carbocycles. The second kappa shape index (κ2) is 9.49. The molecular formula is C24H25N7O. The van der Waals surface area contributed by atoms with Crippen LogP contribution in [-0.4, -0.2) is 55.1 Å². The average molecular weight is 428 g/mol. The summed E-state index contributed by atoms with van der Waals surface area (Å²) in [6, 6.07) is 9.42. The Bertz CT molecular complexity index is 1290. The Morgan fingerprint density at radius 2 is 1.91 bits per heavy atom. The van der Waals surface area contributed by atoms with E-state index in [1.165, 1.54) is 6.07 Å². The molecule has 8 nitrogen and oxygen atoms in total. The summed E-state index contributed by atoms with van der Waals surface area (Å²) >= 11 is 0. The van der Waals surface area contributed by atoms with Crippen LogP contribution in [0.4, 0.5) is 0 Å². The molecule has 3 heterocycles. The number of rotatable bonds is 7. The Morgan fingerprint density at radius 3 is 2.62 bits per heavy atom. The number of likely N-dealkylation sites (N-methyl/N-ethyl adjacent to an activating group) is 1. The second-order valence-corrected chi connectivity index (χ2v) is 7.83. The first-order valence-corrected chi connectivity index (χ1v) is 10.3. The minimum Gasteiger partial charge on any atom is -0.306 e. The van der Waals surface area contributed by atoms with Crippen LogP contribution in [0.3, 0.4) is 0 Å². The summed E-state index contributed by atoms with van der Waals surface area (Å²) in [7, 11) is 5.89. The van der Waals surface area contributed by atoms with E-state index in [2.05, 4.69) is 31.1 Å². The summed E-state index contributed by atoms with van der Waals surface area (Å²) in [6.45, 7) is 0.861. The molecule has 0 saturated carbocycles. The molecular weight excluding hydrogens is 402 g/mol. The maximum absolute atomic E-state index is 12.4. The van der Waals surface area contributed by atoms with E-state index < -0.39 is 0 Å². The van der Waals surface area contributed by atoms with Crippen LogP contribution in [0.25, 0.3) is 23.2 Å². The molecule has 32 heavy (non-hydrogen) atoms. The van der Waals surface area contributed by atoms with Gasteiger partial charge in [-0.25, -0.2) is 14.6 Å². The lowest BCUT2D eigenvalue weighted by atomic mass is 10.1. The van der Waals surface area contributed by atoms with Gasteiger partial charge in [0.15, 0.2) is 5.82 Å². The number of aryl methyl sites for hydroxylation is 1. The zero-order valence-corrected chi connectivity index (χ0v) is 18.4. The van der Waals surface area contributed by atoms with E-state index in [1.54, 1.807) is 21.8 Å². The third kappa shape index (κ3) is 5.22. The van der Waals surface area contributed by atoms with Crippen molar-refractivity contribution in [1.82, 2.24) is 34.4 Å². The van der Waals surface area contributed by atoms with E-state index in [9.17, 15) is 4.79 Å². The van der Waals surface area contributed by atoms with Crippen molar-refractivity contribution in [3.63, 3.8) is 0 Å². The number of benzene rings is 1. The topological polar surface area (TPSA) is 81.7 Å². The van der Waals surface area contributed by atoms with Gasteiger partial charge in [-0.3, -0.25) is 9.48 Å². The molecule has 3 aromatic heterocycles. The molecule has 4 rings (SSSR count). The number of nitrogens with zero attached hydrogens (tertiary/aromatic N) is 7. The van der Waals surface area contributed by atoms with Crippen molar-refractivity contribution in [3.8, 4) is 17.1 Å². The molecule has 0 aliphatic heterocycles. The largest absolute Gasteiger partial charge is 0.306 e. The van der Waals surface area contributed by atoms with E-state index >= 15 is 0 Å². The molecule has 0 aliphatic rings. The highest BCUT2D eigenvalue weighted by Crippen LogP contribution is 2.18. The highest BCUT2D eigenvalue weighted by Gasteiger charge is 2.08. The summed E-state index contributed by atoms with van der Waals surface area (Å²) in [5.74, 6) is 0.644. The molecule has 0 radical (unpaired) electrons. The van der Waals surface area contributed by atoms with Crippen LogP contribution in [-0.2, 0) is 13.5 Å². The van der Waals surface area contributed by atoms with Crippen LogP contribution >= 0.6 is 0 Å². The minimum absolute atomic E-state index is 0.0966. The van der Waals surface area contributed by atoms with E-state index in [-0.39, 0.29) is 5.43 Å². The molecule has 0 spiro atoms. The third-order valence-corrected chi connectivity index (χ3v) is 4.85. The van der Waals surface area contributed by atoms with Crippen molar-refractivity contribution in [1.29, 1.82) is 0 Å². The van der Waals surface area contributed by atoms with E-state index in [0.717, 1.165) is 28.9 Å². The van der Waals surface area contributed by atoms with Gasteiger partial charge in [-0.2, -0.15) is 10.2 Å². The number of aromatic nitrogens is 6. The lowest BCUT2D eigenvalue weighted by molar-refractivity contribution is 0.457. The van der Waals surface area contributed by atoms with Crippen molar-refractivity contribution in [2.75, 3.05) is 20.6 Å². The molecule has 162 valence electrons. The summed E-state index contributed by atoms with van der Waals surface area (Å²) in [4.78, 5) is 23.5. The second-order valence-electron chi connectivity index (χ2n) is 7.83. The van der Waals surface area contributed by atoms with Gasteiger partial charge in [0.1, 0.15) is 11.4 Å². The van der Waals surface area contributed by atoms with Gasteiger partial charge in [0.2, 0.25) is 5.43 Å². The molecule has 0 amide bonds. The third-order valence-electron chi connectivity index (χ3n) is 4.85. The first-order valence-electron chi connectivity index (χ1n) is 10.3. The highest BCUT2D eigenvalue weighted by atomic mass is 16.1. The molecule has 0 unspecified atom stereocenters. The molecule has 4 aromatic rings. The molecule has 0 saturated heterocycles. The van der Waals surface area contributed by atoms with E-state index in [1.807, 2.05) is 70.1 Å². The van der Waals surface area contributed by atoms with Gasteiger partial charge in [0.25, 0.3) is 0 Å². The van der Waals surface area contributed by atoms with Gasteiger partial charge in [-0.15, -0.1) is 0 Å². The zero-order chi connectivity index (χ0) is 22.5. The van der Waals surface area contributed by atoms with Crippen molar-refractivity contribution >= 4 is 6.08 Å². The Hall–Kier alpha value is -3.91. The van der Waals surface area contributed by atoms with E-state index in [4.69, 9.17) is 0 Å². The zero-order valence-electron chi connectivity index (χ0n) is 18.4. The highest BCUT2D eigenvalue weighted by molar-refractivity contribution is 5.57. The van der Waals surface area contributed by atoms with Crippen LogP contribution < -0.4 is 5.43 Å². The van der Waals surface area contributed by atoms with Crippen LogP contribution in [0.1, 0.15) is 16.8 Å². The average Bonchev–Trinajstić information content (AvgIpc) is 3.22. The summed E-state index contributed by atoms with van der Waals surface area (Å²) < 4.78 is 3.36. The van der Waals surface area contributed by atoms with Gasteiger partial charge in [-0.1, -0.05) is 30.4 Å². The molecule has 8 heteroatoms. The standard InChI is InChI=1S/C24H25N7O/c1-29(2)10-5-7-19-14-25-24(26-15-19)20-8-4-6-18(12-20)13-22-23(32)9-11-31(28-22)21-16-27-30(3)17-21/h4-9,11-12,14-17H,10,13H2,1-3H3/b7-5+. The molecule has 0 atom stereocenters. The van der Waals surface area contributed by atoms with Crippen LogP contribution in [0, 0.1) is 0 Å². The number of hydrogen-bond acceptors (Lipinski definition) is 6. The summed E-state index contributed by atoms with van der Waals surface area (Å²) in [5, 5.41) is 8.68. The Labute approximate surface area is 186 Å². The molecule has 0 bridgehead atoms. The lowest BCUT2D eigenvalue weighted by Crippen LogP contribution is -2.16. The van der Waals surface area contributed by atoms with Crippen molar-refractivity contribution in [2.45, 2.75) is 6.42 Å². The van der Waals surface area contributed by atoms with Gasteiger partial charge >= 0.3 is 0 Å². The van der Waals surface area contributed by atoms with Crippen molar-refractivity contribution < 1.29 is 0 Å². The summed E-state index contributed by atoms with van der Waals surface area (Å²) in [6.07, 6.45) is 13.3. The van der Waals surface area contributed by atoms with Crippen molar-refractivity contribution in [3.05, 3.63) is 94.4 Å². The van der Waals surface area contributed by atoms with Gasteiger partial charge in [0.05, 0.1) is 12.4 Å². The maximum atomic E-state index is 12.4. The normalized spacial score (nSPS) is 11.5. The maximum Gasteiger partial charge on any atom is 0.203 e. The first kappa shape index (κ1) is 21.3. The van der Waals surface area contributed by atoms with Crippen molar-refractivity contribution in [2.24, 2.45) is 7.05 Å². The fourth-order valence-electron chi connectivity index (χ4n) is 3.23. The number of hydrogen-bond donors (Lipinski definition) is 0. The first-order chi connectivity index (χ1) is 15.5. The SMILES string of the molecule is CN(C)C/C=C/c1cnc(-c2cccc(Cc3nn(-c4cnn(C)c4)ccc3=O)c2)nc1. The summed E-state index contributed by atoms with van der Waals surface area (Å²) in [5.41, 5.74) is 3.99. The van der Waals surface area contributed by atoms with Crippen LogP contribution in [0.5, 0.6) is 0 Å². The molecule has 0 N–H and O–H groups in total. The minimum atomic E-state index is -0.0966. The Kier molecular flexibility index (Phi) is 6.32. The lowest BCUT2D eigenvalue weighted by Gasteiger charge is -2.07. The van der Waals surface area contributed by atoms with Gasteiger partial charge < -0.3 is 4.90 Å². The smallest absolute Gasteiger partial charge is 0.203 e. The van der Waals surface area contributed by atoms with E-state index in [0.29, 0.717) is 17.9 Å². The molecule has 0 aliphatic carbocycles. The van der Waals surface area contributed by atoms with Gasteiger partial charge in [-0.05, 0) is 25.7 Å². The quantitative estimate of drug-likeness (QED) is 0.451. The van der Waals surface area contributed by atoms with Crippen LogP contribution in [0.15, 0.2) is 72.2 Å².